The highest BCUT2D eigenvalue weighted by Crippen LogP contribution is 2.32. The zero-order valence-electron chi connectivity index (χ0n) is 15.6. The summed E-state index contributed by atoms with van der Waals surface area (Å²) in [7, 11) is 0. The Kier molecular flexibility index (Phi) is 4.70. The van der Waals surface area contributed by atoms with Crippen LogP contribution in [0.2, 0.25) is 0 Å². The molecule has 27 heavy (non-hydrogen) atoms. The Morgan fingerprint density at radius 2 is 2.04 bits per heavy atom. The number of anilines is 1. The van der Waals surface area contributed by atoms with Gasteiger partial charge < -0.3 is 15.1 Å². The van der Waals surface area contributed by atoms with Gasteiger partial charge in [-0.25, -0.2) is 4.98 Å². The summed E-state index contributed by atoms with van der Waals surface area (Å²) < 4.78 is 5.70. The minimum Gasteiger partial charge on any atom is -0.432 e. The molecule has 0 aliphatic carbocycles. The quantitative estimate of drug-likeness (QED) is 0.866. The van der Waals surface area contributed by atoms with Crippen LogP contribution in [0.25, 0.3) is 11.3 Å². The fourth-order valence-electron chi connectivity index (χ4n) is 4.22. The fourth-order valence-corrected chi connectivity index (χ4v) is 4.22. The maximum Gasteiger partial charge on any atom is 0.307 e. The van der Waals surface area contributed by atoms with Crippen molar-refractivity contribution >= 4 is 17.5 Å². The van der Waals surface area contributed by atoms with E-state index in [2.05, 4.69) is 27.4 Å². The second-order valence-corrected chi connectivity index (χ2v) is 7.40. The molecule has 2 amide bonds. The molecule has 5 rings (SSSR count). The number of nitrogens with zero attached hydrogens (tertiary/aromatic N) is 2. The average Bonchev–Trinajstić information content (AvgIpc) is 3.15. The Bertz CT molecular complexity index is 852. The van der Waals surface area contributed by atoms with E-state index >= 15 is 0 Å². The monoisotopic (exact) mass is 368 g/mol. The Morgan fingerprint density at radius 3 is 2.74 bits per heavy atom. The summed E-state index contributed by atoms with van der Waals surface area (Å²) in [5, 5.41) is 5.86. The number of carbonyl (C=O) groups is 2. The number of oxazole rings is 1. The van der Waals surface area contributed by atoms with E-state index in [1.165, 1.54) is 6.92 Å². The Hall–Kier alpha value is -2.67. The molecule has 2 bridgehead atoms. The van der Waals surface area contributed by atoms with Crippen LogP contribution in [-0.2, 0) is 4.79 Å². The minimum atomic E-state index is -0.273. The highest BCUT2D eigenvalue weighted by Gasteiger charge is 2.40. The van der Waals surface area contributed by atoms with Crippen LogP contribution in [0, 0.1) is 5.92 Å². The summed E-state index contributed by atoms with van der Waals surface area (Å²) in [6.45, 7) is 5.86. The highest BCUT2D eigenvalue weighted by molar-refractivity contribution is 5.91. The maximum atomic E-state index is 12.6. The lowest BCUT2D eigenvalue weighted by atomic mass is 9.79. The van der Waals surface area contributed by atoms with Gasteiger partial charge in [0.2, 0.25) is 5.91 Å². The third-order valence-electron chi connectivity index (χ3n) is 5.64. The average molecular weight is 368 g/mol. The minimum absolute atomic E-state index is 0.0681. The molecule has 0 radical (unpaired) electrons. The molecule has 0 spiro atoms. The van der Waals surface area contributed by atoms with Gasteiger partial charge in [-0.2, -0.15) is 0 Å². The lowest BCUT2D eigenvalue weighted by molar-refractivity contribution is -0.114. The Balaban J connectivity index is 1.48. The second-order valence-electron chi connectivity index (χ2n) is 7.40. The number of benzene rings is 1. The Labute approximate surface area is 158 Å². The first-order chi connectivity index (χ1) is 13.0. The summed E-state index contributed by atoms with van der Waals surface area (Å²) in [5.74, 6) is 0.673. The van der Waals surface area contributed by atoms with Crippen molar-refractivity contribution in [2.24, 2.45) is 5.92 Å². The van der Waals surface area contributed by atoms with Crippen molar-refractivity contribution < 1.29 is 14.0 Å². The molecule has 3 aliphatic heterocycles. The molecule has 7 nitrogen and oxygen atoms in total. The predicted molar refractivity (Wildman–Crippen MR) is 101 cm³/mol. The molecule has 0 unspecified atom stereocenters. The van der Waals surface area contributed by atoms with Crippen molar-refractivity contribution in [1.82, 2.24) is 15.2 Å². The number of nitrogens with one attached hydrogen (secondary N) is 2. The van der Waals surface area contributed by atoms with Gasteiger partial charge in [-0.1, -0.05) is 12.1 Å². The van der Waals surface area contributed by atoms with Crippen LogP contribution in [0.15, 0.2) is 34.9 Å². The van der Waals surface area contributed by atoms with Crippen LogP contribution in [0.5, 0.6) is 0 Å². The molecule has 4 heterocycles. The molecule has 3 aliphatic rings. The number of fused-ring (bicyclic) bond motifs is 3. The van der Waals surface area contributed by atoms with E-state index in [9.17, 15) is 9.59 Å². The summed E-state index contributed by atoms with van der Waals surface area (Å²) in [4.78, 5) is 30.5. The van der Waals surface area contributed by atoms with Crippen LogP contribution < -0.4 is 10.6 Å². The van der Waals surface area contributed by atoms with Crippen LogP contribution >= 0.6 is 0 Å². The van der Waals surface area contributed by atoms with Gasteiger partial charge in [-0.3, -0.25) is 14.5 Å². The fraction of sp³-hybridized carbons (Fsp3) is 0.450. The lowest BCUT2D eigenvalue weighted by Gasteiger charge is -2.49. The molecular formula is C20H24N4O3. The van der Waals surface area contributed by atoms with Gasteiger partial charge in [0.1, 0.15) is 0 Å². The zero-order chi connectivity index (χ0) is 19.0. The summed E-state index contributed by atoms with van der Waals surface area (Å²) in [5.41, 5.74) is 1.42. The van der Waals surface area contributed by atoms with Gasteiger partial charge in [-0.05, 0) is 50.9 Å². The molecule has 3 fully saturated rings. The van der Waals surface area contributed by atoms with E-state index in [4.69, 9.17) is 4.42 Å². The van der Waals surface area contributed by atoms with Gasteiger partial charge in [0, 0.05) is 30.3 Å². The van der Waals surface area contributed by atoms with Gasteiger partial charge in [0.15, 0.2) is 5.76 Å². The van der Waals surface area contributed by atoms with Crippen LogP contribution in [-0.4, -0.2) is 46.9 Å². The number of piperidine rings is 3. The van der Waals surface area contributed by atoms with Crippen LogP contribution in [0.4, 0.5) is 5.69 Å². The summed E-state index contributed by atoms with van der Waals surface area (Å²) in [6, 6.07) is 7.73. The standard InChI is InChI=1S/C20H24N4O3/c1-12-18(14-6-8-24(12)9-7-14)23-19(26)20-21-11-17(27-20)15-4-3-5-16(10-15)22-13(2)25/h3-5,10-12,14,18H,6-9H2,1-2H3,(H,22,25)(H,23,26)/t12-,18-/m0/s1. The first-order valence-corrected chi connectivity index (χ1v) is 9.40. The normalized spacial score (nSPS) is 26.6. The van der Waals surface area contributed by atoms with Crippen molar-refractivity contribution in [2.45, 2.75) is 38.8 Å². The van der Waals surface area contributed by atoms with Crippen LogP contribution in [0.3, 0.4) is 0 Å². The van der Waals surface area contributed by atoms with Crippen molar-refractivity contribution in [3.63, 3.8) is 0 Å². The predicted octanol–water partition coefficient (Wildman–Crippen LogP) is 2.51. The third-order valence-corrected chi connectivity index (χ3v) is 5.64. The van der Waals surface area contributed by atoms with E-state index < -0.39 is 0 Å². The van der Waals surface area contributed by atoms with Crippen molar-refractivity contribution in [1.29, 1.82) is 0 Å². The molecule has 142 valence electrons. The molecule has 1 aromatic carbocycles. The number of amides is 2. The van der Waals surface area contributed by atoms with Gasteiger partial charge in [0.05, 0.1) is 6.20 Å². The first kappa shape index (κ1) is 17.7. The summed E-state index contributed by atoms with van der Waals surface area (Å²) >= 11 is 0. The highest BCUT2D eigenvalue weighted by atomic mass is 16.4. The number of hydrogen-bond acceptors (Lipinski definition) is 5. The van der Waals surface area contributed by atoms with Gasteiger partial charge >= 0.3 is 5.91 Å². The van der Waals surface area contributed by atoms with Gasteiger partial charge in [0.25, 0.3) is 5.89 Å². The topological polar surface area (TPSA) is 87.5 Å². The van der Waals surface area contributed by atoms with Gasteiger partial charge in [-0.15, -0.1) is 0 Å². The molecule has 7 heteroatoms. The third kappa shape index (κ3) is 3.60. The number of carbonyl (C=O) groups excluding carboxylic acids is 2. The van der Waals surface area contributed by atoms with Crippen LogP contribution in [0.1, 0.15) is 37.4 Å². The molecule has 2 N–H and O–H groups in total. The maximum absolute atomic E-state index is 12.6. The van der Waals surface area contributed by atoms with Crippen molar-refractivity contribution in [3.05, 3.63) is 36.4 Å². The van der Waals surface area contributed by atoms with E-state index in [-0.39, 0.29) is 23.7 Å². The molecule has 2 aromatic rings. The summed E-state index contributed by atoms with van der Waals surface area (Å²) in [6.07, 6.45) is 3.80. The smallest absolute Gasteiger partial charge is 0.307 e. The molecule has 0 saturated carbocycles. The second kappa shape index (κ2) is 7.15. The van der Waals surface area contributed by atoms with E-state index in [0.29, 0.717) is 23.4 Å². The number of hydrogen-bond donors (Lipinski definition) is 2. The molecule has 1 aromatic heterocycles. The zero-order valence-corrected chi connectivity index (χ0v) is 15.6. The number of aromatic nitrogens is 1. The largest absolute Gasteiger partial charge is 0.432 e. The van der Waals surface area contributed by atoms with E-state index in [1.54, 1.807) is 18.3 Å². The lowest BCUT2D eigenvalue weighted by Crippen LogP contribution is -2.62. The van der Waals surface area contributed by atoms with E-state index in [0.717, 1.165) is 31.5 Å². The first-order valence-electron chi connectivity index (χ1n) is 9.40. The number of rotatable bonds is 4. The van der Waals surface area contributed by atoms with Crippen molar-refractivity contribution in [2.75, 3.05) is 18.4 Å². The molecule has 2 atom stereocenters. The molecule has 3 saturated heterocycles. The van der Waals surface area contributed by atoms with E-state index in [1.807, 2.05) is 12.1 Å². The molecular weight excluding hydrogens is 344 g/mol. The Morgan fingerprint density at radius 1 is 1.26 bits per heavy atom. The SMILES string of the molecule is CC(=O)Nc1cccc(-c2cnc(C(=O)N[C@@H]3C4CCN(CC4)[C@H]3C)o2)c1. The van der Waals surface area contributed by atoms with Crippen molar-refractivity contribution in [3.8, 4) is 11.3 Å².